The Bertz CT molecular complexity index is 2030. The third kappa shape index (κ3) is 7.21. The standard InChI is InChI=1S/C37H46N6O7S2/c1-21(2)28-20-51-34(40-28)27-17-31(26-13-14-30(49-4)22(3)32(26)39-27)50-24-16-29-33(44)41-37(35(45)42-52(47,48)25-11-12-25)18-23(37)10-8-6-5-7-9-15-38-36(46)43(29)19-24/h8,10,13-14,17,20-21,23-25,29H,5-7,9,11-12,15-16,18-19H2,1-4H3,(H,38,46)(H,41,44)(H,42,45)/b10-8-/t23-,24-,29+,37-/m1/s1. The second-order valence-corrected chi connectivity index (χ2v) is 17.4. The number of hydrogen-bond donors (Lipinski definition) is 3. The van der Waals surface area contributed by atoms with Gasteiger partial charge in [0.05, 0.1) is 30.1 Å². The van der Waals surface area contributed by atoms with E-state index < -0.39 is 50.8 Å². The number of ether oxygens (including phenoxy) is 2. The molecule has 4 heterocycles. The number of pyridine rings is 1. The molecule has 278 valence electrons. The fourth-order valence-corrected chi connectivity index (χ4v) is 9.40. The molecule has 52 heavy (non-hydrogen) atoms. The zero-order chi connectivity index (χ0) is 36.8. The summed E-state index contributed by atoms with van der Waals surface area (Å²) in [5.41, 5.74) is 1.71. The molecular formula is C37H46N6O7S2. The van der Waals surface area contributed by atoms with Crippen LogP contribution < -0.4 is 24.8 Å². The number of fused-ring (bicyclic) bond motifs is 3. The van der Waals surface area contributed by atoms with Gasteiger partial charge in [-0.3, -0.25) is 14.3 Å². The van der Waals surface area contributed by atoms with Crippen LogP contribution >= 0.6 is 11.3 Å². The minimum Gasteiger partial charge on any atom is -0.496 e. The van der Waals surface area contributed by atoms with Crippen molar-refractivity contribution in [1.82, 2.24) is 30.2 Å². The predicted molar refractivity (Wildman–Crippen MR) is 198 cm³/mol. The van der Waals surface area contributed by atoms with Crippen molar-refractivity contribution in [3.8, 4) is 22.2 Å². The summed E-state index contributed by atoms with van der Waals surface area (Å²) in [5.74, 6) is -0.167. The number of sulfonamides is 1. The lowest BCUT2D eigenvalue weighted by Gasteiger charge is -2.26. The molecule has 3 aromatic rings. The van der Waals surface area contributed by atoms with Crippen LogP contribution in [0.5, 0.6) is 11.5 Å². The number of urea groups is 1. The molecular weight excluding hydrogens is 705 g/mol. The molecule has 2 saturated carbocycles. The van der Waals surface area contributed by atoms with Crippen LogP contribution in [-0.4, -0.2) is 84.3 Å². The number of nitrogens with one attached hydrogen (secondary N) is 3. The topological polar surface area (TPSA) is 169 Å². The maximum atomic E-state index is 14.2. The van der Waals surface area contributed by atoms with Crippen molar-refractivity contribution in [3.05, 3.63) is 47.0 Å². The highest BCUT2D eigenvalue weighted by molar-refractivity contribution is 7.91. The molecule has 7 rings (SSSR count). The van der Waals surface area contributed by atoms with Gasteiger partial charge in [-0.05, 0) is 63.5 Å². The van der Waals surface area contributed by atoms with Gasteiger partial charge >= 0.3 is 6.03 Å². The maximum Gasteiger partial charge on any atom is 0.318 e. The summed E-state index contributed by atoms with van der Waals surface area (Å²) in [5, 5.41) is 8.81. The summed E-state index contributed by atoms with van der Waals surface area (Å²) in [6.45, 7) is 6.69. The van der Waals surface area contributed by atoms with E-state index in [1.54, 1.807) is 7.11 Å². The average Bonchev–Trinajstić information content (AvgIpc) is 3.98. The number of carbonyl (C=O) groups excluding carboxylic acids is 3. The van der Waals surface area contributed by atoms with Crippen molar-refractivity contribution in [2.75, 3.05) is 20.2 Å². The van der Waals surface area contributed by atoms with E-state index in [9.17, 15) is 22.8 Å². The molecule has 2 aliphatic heterocycles. The van der Waals surface area contributed by atoms with Crippen LogP contribution in [0.3, 0.4) is 0 Å². The minimum absolute atomic E-state index is 0.117. The number of hydrogen-bond acceptors (Lipinski definition) is 10. The summed E-state index contributed by atoms with van der Waals surface area (Å²) in [7, 11) is -2.23. The monoisotopic (exact) mass is 750 g/mol. The fraction of sp³-hybridized carbons (Fsp3) is 0.541. The number of thiazole rings is 1. The highest BCUT2D eigenvalue weighted by Crippen LogP contribution is 2.46. The Hall–Kier alpha value is -4.24. The first-order valence-electron chi connectivity index (χ1n) is 18.1. The highest BCUT2D eigenvalue weighted by atomic mass is 32.2. The molecule has 2 aliphatic carbocycles. The molecule has 4 atom stereocenters. The molecule has 3 fully saturated rings. The number of allylic oxidation sites excluding steroid dienone is 1. The molecule has 15 heteroatoms. The first-order valence-corrected chi connectivity index (χ1v) is 20.5. The van der Waals surface area contributed by atoms with Gasteiger partial charge in [0.25, 0.3) is 5.91 Å². The molecule has 13 nitrogen and oxygen atoms in total. The Labute approximate surface area is 308 Å². The summed E-state index contributed by atoms with van der Waals surface area (Å²) in [6.07, 6.45) is 8.09. The molecule has 4 amide bonds. The fourth-order valence-electron chi connectivity index (χ4n) is 7.10. The normalized spacial score (nSPS) is 26.0. The lowest BCUT2D eigenvalue weighted by atomic mass is 10.1. The molecule has 1 saturated heterocycles. The van der Waals surface area contributed by atoms with Crippen LogP contribution in [0, 0.1) is 12.8 Å². The van der Waals surface area contributed by atoms with Gasteiger partial charge in [-0.25, -0.2) is 23.2 Å². The highest BCUT2D eigenvalue weighted by Gasteiger charge is 2.62. The van der Waals surface area contributed by atoms with E-state index in [0.717, 1.165) is 47.3 Å². The number of amides is 4. The largest absolute Gasteiger partial charge is 0.496 e. The number of methoxy groups -OCH3 is 1. The number of rotatable bonds is 8. The Morgan fingerprint density at radius 3 is 2.67 bits per heavy atom. The van der Waals surface area contributed by atoms with Crippen LogP contribution in [-0.2, 0) is 19.6 Å². The number of aromatic nitrogens is 2. The second kappa shape index (κ2) is 14.3. The van der Waals surface area contributed by atoms with Gasteiger partial charge < -0.3 is 25.0 Å². The summed E-state index contributed by atoms with van der Waals surface area (Å²) >= 11 is 1.50. The predicted octanol–water partition coefficient (Wildman–Crippen LogP) is 4.94. The van der Waals surface area contributed by atoms with Crippen molar-refractivity contribution in [3.63, 3.8) is 0 Å². The third-order valence-electron chi connectivity index (χ3n) is 10.5. The van der Waals surface area contributed by atoms with Crippen LogP contribution in [0.15, 0.2) is 35.7 Å². The van der Waals surface area contributed by atoms with Gasteiger partial charge in [0.2, 0.25) is 15.9 Å². The number of benzene rings is 1. The van der Waals surface area contributed by atoms with Crippen LogP contribution in [0.1, 0.15) is 82.4 Å². The smallest absolute Gasteiger partial charge is 0.318 e. The van der Waals surface area contributed by atoms with E-state index >= 15 is 0 Å². The van der Waals surface area contributed by atoms with Gasteiger partial charge in [0, 0.05) is 41.3 Å². The molecule has 0 bridgehead atoms. The van der Waals surface area contributed by atoms with E-state index in [1.165, 1.54) is 16.2 Å². The van der Waals surface area contributed by atoms with E-state index in [-0.39, 0.29) is 31.2 Å². The van der Waals surface area contributed by atoms with Gasteiger partial charge in [0.1, 0.15) is 39.9 Å². The van der Waals surface area contributed by atoms with Crippen molar-refractivity contribution in [1.29, 1.82) is 0 Å². The second-order valence-electron chi connectivity index (χ2n) is 14.6. The van der Waals surface area contributed by atoms with E-state index in [0.29, 0.717) is 42.1 Å². The molecule has 2 aromatic heterocycles. The van der Waals surface area contributed by atoms with Crippen molar-refractivity contribution in [2.45, 2.75) is 101 Å². The first kappa shape index (κ1) is 36.1. The van der Waals surface area contributed by atoms with E-state index in [4.69, 9.17) is 19.4 Å². The number of nitrogens with zero attached hydrogens (tertiary/aromatic N) is 3. The minimum atomic E-state index is -3.84. The van der Waals surface area contributed by atoms with Crippen LogP contribution in [0.25, 0.3) is 21.6 Å². The average molecular weight is 751 g/mol. The lowest BCUT2D eigenvalue weighted by molar-refractivity contribution is -0.131. The number of aryl methyl sites for hydroxylation is 1. The van der Waals surface area contributed by atoms with Gasteiger partial charge in [0.15, 0.2) is 0 Å². The molecule has 0 unspecified atom stereocenters. The lowest BCUT2D eigenvalue weighted by Crippen LogP contribution is -2.57. The third-order valence-corrected chi connectivity index (χ3v) is 13.2. The first-order chi connectivity index (χ1) is 24.9. The summed E-state index contributed by atoms with van der Waals surface area (Å²) in [6, 6.07) is 4.24. The van der Waals surface area contributed by atoms with Crippen LogP contribution in [0.2, 0.25) is 0 Å². The number of carbonyl (C=O) groups is 3. The summed E-state index contributed by atoms with van der Waals surface area (Å²) in [4.78, 5) is 52.7. The van der Waals surface area contributed by atoms with Gasteiger partial charge in [-0.2, -0.15) is 0 Å². The molecule has 0 radical (unpaired) electrons. The van der Waals surface area contributed by atoms with Crippen LogP contribution in [0.4, 0.5) is 4.79 Å². The zero-order valence-corrected chi connectivity index (χ0v) is 31.6. The Balaban J connectivity index is 1.20. The van der Waals surface area contributed by atoms with Crippen molar-refractivity contribution < 1.29 is 32.3 Å². The molecule has 3 N–H and O–H groups in total. The zero-order valence-electron chi connectivity index (χ0n) is 29.9. The van der Waals surface area contributed by atoms with E-state index in [2.05, 4.69) is 29.2 Å². The quantitative estimate of drug-likeness (QED) is 0.270. The van der Waals surface area contributed by atoms with E-state index in [1.807, 2.05) is 42.7 Å². The van der Waals surface area contributed by atoms with Gasteiger partial charge in [-0.15, -0.1) is 11.3 Å². The molecule has 4 aliphatic rings. The van der Waals surface area contributed by atoms with Crippen molar-refractivity contribution in [2.24, 2.45) is 5.92 Å². The Morgan fingerprint density at radius 2 is 1.94 bits per heavy atom. The Kier molecular flexibility index (Phi) is 9.93. The maximum absolute atomic E-state index is 14.2. The molecule has 1 aromatic carbocycles. The Morgan fingerprint density at radius 1 is 1.13 bits per heavy atom. The van der Waals surface area contributed by atoms with Gasteiger partial charge in [-0.1, -0.05) is 32.4 Å². The molecule has 0 spiro atoms. The van der Waals surface area contributed by atoms with Crippen molar-refractivity contribution >= 4 is 50.1 Å². The summed E-state index contributed by atoms with van der Waals surface area (Å²) < 4.78 is 40.1. The SMILES string of the molecule is COc1ccc2c(O[C@@H]3C[C@H]4C(=O)N[C@]5(C(=O)NS(=O)(=O)C6CC6)C[C@H]5/C=C\CCCCCNC(=O)N4C3)cc(-c3nc(C(C)C)cs3)nc2c1C.